The van der Waals surface area contributed by atoms with Crippen LogP contribution in [0.2, 0.25) is 0 Å². The minimum atomic E-state index is -3.81. The van der Waals surface area contributed by atoms with Crippen LogP contribution in [-0.4, -0.2) is 27.5 Å². The van der Waals surface area contributed by atoms with Crippen molar-refractivity contribution in [3.05, 3.63) is 54.0 Å². The summed E-state index contributed by atoms with van der Waals surface area (Å²) >= 11 is 0. The van der Waals surface area contributed by atoms with Gasteiger partial charge in [-0.15, -0.1) is 0 Å². The second-order valence-corrected chi connectivity index (χ2v) is 6.40. The van der Waals surface area contributed by atoms with Gasteiger partial charge in [0.05, 0.1) is 5.69 Å². The number of benzene rings is 1. The maximum Gasteiger partial charge on any atom is 0.281 e. The normalized spacial score (nSPS) is 11.4. The van der Waals surface area contributed by atoms with Crippen LogP contribution < -0.4 is 9.62 Å². The van der Waals surface area contributed by atoms with Gasteiger partial charge in [-0.25, -0.2) is 9.37 Å². The van der Waals surface area contributed by atoms with Crippen LogP contribution in [0.4, 0.5) is 10.1 Å². The Labute approximate surface area is 123 Å². The van der Waals surface area contributed by atoms with Crippen LogP contribution in [0, 0.1) is 5.82 Å². The maximum atomic E-state index is 13.2. The van der Waals surface area contributed by atoms with Gasteiger partial charge < -0.3 is 5.32 Å². The lowest BCUT2D eigenvalue weighted by atomic mass is 10.3. The number of hydrogen-bond acceptors (Lipinski definition) is 4. The van der Waals surface area contributed by atoms with Crippen molar-refractivity contribution < 1.29 is 12.8 Å². The lowest BCUT2D eigenvalue weighted by Crippen LogP contribution is -2.27. The Morgan fingerprint density at radius 3 is 2.62 bits per heavy atom. The highest BCUT2D eigenvalue weighted by Crippen LogP contribution is 2.21. The van der Waals surface area contributed by atoms with E-state index in [1.807, 2.05) is 0 Å². The Hall–Kier alpha value is -1.99. The molecular weight excluding hydrogens is 293 g/mol. The highest BCUT2D eigenvalue weighted by Gasteiger charge is 2.22. The molecule has 0 bridgehead atoms. The minimum Gasteiger partial charge on any atom is -0.316 e. The number of halogens is 1. The van der Waals surface area contributed by atoms with Crippen LogP contribution in [0.25, 0.3) is 0 Å². The first-order valence-corrected chi connectivity index (χ1v) is 7.73. The van der Waals surface area contributed by atoms with E-state index in [-0.39, 0.29) is 10.7 Å². The molecule has 0 aliphatic heterocycles. The second kappa shape index (κ2) is 6.19. The van der Waals surface area contributed by atoms with Crippen molar-refractivity contribution in [3.63, 3.8) is 0 Å². The Bertz CT molecular complexity index is 717. The highest BCUT2D eigenvalue weighted by molar-refractivity contribution is 7.92. The van der Waals surface area contributed by atoms with Gasteiger partial charge in [0, 0.05) is 19.8 Å². The van der Waals surface area contributed by atoms with Gasteiger partial charge in [0.15, 0.2) is 5.03 Å². The number of nitrogens with zero attached hydrogens (tertiary/aromatic N) is 2. The van der Waals surface area contributed by atoms with Gasteiger partial charge >= 0.3 is 0 Å². The molecule has 1 N–H and O–H groups in total. The molecule has 0 spiro atoms. The summed E-state index contributed by atoms with van der Waals surface area (Å²) < 4.78 is 39.1. The largest absolute Gasteiger partial charge is 0.316 e. The Morgan fingerprint density at radius 2 is 2.05 bits per heavy atom. The summed E-state index contributed by atoms with van der Waals surface area (Å²) in [6.45, 7) is 0.604. The van der Waals surface area contributed by atoms with Crippen molar-refractivity contribution >= 4 is 15.7 Å². The molecule has 5 nitrogen and oxygen atoms in total. The number of rotatable bonds is 5. The first-order valence-electron chi connectivity index (χ1n) is 6.29. The summed E-state index contributed by atoms with van der Waals surface area (Å²) in [4.78, 5) is 3.97. The number of hydrogen-bond donors (Lipinski definition) is 1. The molecule has 1 heterocycles. The predicted molar refractivity (Wildman–Crippen MR) is 79.0 cm³/mol. The topological polar surface area (TPSA) is 62.3 Å². The summed E-state index contributed by atoms with van der Waals surface area (Å²) in [5.41, 5.74) is 1.13. The van der Waals surface area contributed by atoms with E-state index >= 15 is 0 Å². The average Bonchev–Trinajstić information content (AvgIpc) is 2.47. The first kappa shape index (κ1) is 15.4. The standard InChI is InChI=1S/C14H16FN3O2S/c1-16-9-11-6-7-14(17-10-11)21(19,20)18(2)13-5-3-4-12(15)8-13/h3-8,10,16H,9H2,1-2H3. The fraction of sp³-hybridized carbons (Fsp3) is 0.214. The van der Waals surface area contributed by atoms with Crippen LogP contribution in [0.5, 0.6) is 0 Å². The number of aromatic nitrogens is 1. The zero-order valence-electron chi connectivity index (χ0n) is 11.7. The lowest BCUT2D eigenvalue weighted by Gasteiger charge is -2.19. The van der Waals surface area contributed by atoms with Crippen LogP contribution >= 0.6 is 0 Å². The maximum absolute atomic E-state index is 13.2. The molecular formula is C14H16FN3O2S. The fourth-order valence-electron chi connectivity index (χ4n) is 1.82. The third-order valence-corrected chi connectivity index (χ3v) is 4.68. The molecule has 0 unspecified atom stereocenters. The summed E-state index contributed by atoms with van der Waals surface area (Å²) in [5, 5.41) is 2.88. The first-order chi connectivity index (χ1) is 9.95. The van der Waals surface area contributed by atoms with Gasteiger partial charge in [0.25, 0.3) is 10.0 Å². The smallest absolute Gasteiger partial charge is 0.281 e. The van der Waals surface area contributed by atoms with E-state index in [4.69, 9.17) is 0 Å². The van der Waals surface area contributed by atoms with Crippen molar-refractivity contribution in [2.24, 2.45) is 0 Å². The summed E-state index contributed by atoms with van der Waals surface area (Å²) in [6, 6.07) is 8.53. The molecule has 0 amide bonds. The van der Waals surface area contributed by atoms with E-state index < -0.39 is 15.8 Å². The average molecular weight is 309 g/mol. The molecule has 0 saturated heterocycles. The molecule has 21 heavy (non-hydrogen) atoms. The third kappa shape index (κ3) is 3.37. The monoisotopic (exact) mass is 309 g/mol. The van der Waals surface area contributed by atoms with Gasteiger partial charge in [-0.1, -0.05) is 12.1 Å². The number of sulfonamides is 1. The molecule has 112 valence electrons. The van der Waals surface area contributed by atoms with Crippen molar-refractivity contribution in [2.45, 2.75) is 11.6 Å². The lowest BCUT2D eigenvalue weighted by molar-refractivity contribution is 0.590. The van der Waals surface area contributed by atoms with Gasteiger partial charge in [-0.05, 0) is 36.9 Å². The van der Waals surface area contributed by atoms with E-state index in [1.54, 1.807) is 13.1 Å². The molecule has 2 rings (SSSR count). The van der Waals surface area contributed by atoms with Gasteiger partial charge in [-0.3, -0.25) is 4.31 Å². The third-order valence-electron chi connectivity index (χ3n) is 2.98. The van der Waals surface area contributed by atoms with Gasteiger partial charge in [-0.2, -0.15) is 8.42 Å². The molecule has 1 aromatic heterocycles. The Balaban J connectivity index is 2.32. The number of nitrogens with one attached hydrogen (secondary N) is 1. The van der Waals surface area contributed by atoms with E-state index in [0.29, 0.717) is 6.54 Å². The molecule has 7 heteroatoms. The van der Waals surface area contributed by atoms with Crippen molar-refractivity contribution in [1.29, 1.82) is 0 Å². The summed E-state index contributed by atoms with van der Waals surface area (Å²) in [6.07, 6.45) is 1.50. The second-order valence-electron chi connectivity index (χ2n) is 4.49. The van der Waals surface area contributed by atoms with Crippen molar-refractivity contribution in [1.82, 2.24) is 10.3 Å². The molecule has 1 aromatic carbocycles. The molecule has 0 saturated carbocycles. The molecule has 0 aliphatic rings. The molecule has 0 radical (unpaired) electrons. The SMILES string of the molecule is CNCc1ccc(S(=O)(=O)N(C)c2cccc(F)c2)nc1. The van der Waals surface area contributed by atoms with E-state index in [0.717, 1.165) is 15.9 Å². The van der Waals surface area contributed by atoms with E-state index in [1.165, 1.54) is 37.5 Å². The van der Waals surface area contributed by atoms with Crippen molar-refractivity contribution in [3.8, 4) is 0 Å². The molecule has 2 aromatic rings. The van der Waals surface area contributed by atoms with Crippen LogP contribution in [0.3, 0.4) is 0 Å². The number of anilines is 1. The molecule has 0 fully saturated rings. The van der Waals surface area contributed by atoms with Crippen LogP contribution in [-0.2, 0) is 16.6 Å². The van der Waals surface area contributed by atoms with E-state index in [9.17, 15) is 12.8 Å². The van der Waals surface area contributed by atoms with Crippen LogP contribution in [0.1, 0.15) is 5.56 Å². The van der Waals surface area contributed by atoms with Gasteiger partial charge in [0.1, 0.15) is 5.82 Å². The van der Waals surface area contributed by atoms with Crippen molar-refractivity contribution in [2.75, 3.05) is 18.4 Å². The predicted octanol–water partition coefficient (Wildman–Crippen LogP) is 1.77. The van der Waals surface area contributed by atoms with Gasteiger partial charge in [0.2, 0.25) is 0 Å². The summed E-state index contributed by atoms with van der Waals surface area (Å²) in [7, 11) is -0.643. The number of pyridine rings is 1. The highest BCUT2D eigenvalue weighted by atomic mass is 32.2. The summed E-state index contributed by atoms with van der Waals surface area (Å²) in [5.74, 6) is -0.494. The minimum absolute atomic E-state index is 0.0749. The molecule has 0 atom stereocenters. The van der Waals surface area contributed by atoms with E-state index in [2.05, 4.69) is 10.3 Å². The zero-order chi connectivity index (χ0) is 15.5. The zero-order valence-corrected chi connectivity index (χ0v) is 12.6. The quantitative estimate of drug-likeness (QED) is 0.914. The fourth-order valence-corrected chi connectivity index (χ4v) is 2.92. The Morgan fingerprint density at radius 1 is 1.29 bits per heavy atom. The Kier molecular flexibility index (Phi) is 4.54. The van der Waals surface area contributed by atoms with Crippen LogP contribution in [0.15, 0.2) is 47.6 Å². The molecule has 0 aliphatic carbocycles.